The molecule has 43 heavy (non-hydrogen) atoms. The maximum absolute atomic E-state index is 12.2. The molecule has 5 rings (SSSR count). The molecule has 0 aliphatic carbocycles. The molecule has 0 spiro atoms. The van der Waals surface area contributed by atoms with Crippen molar-refractivity contribution in [2.45, 2.75) is 24.8 Å². The Labute approximate surface area is 248 Å². The number of nitrogens with zero attached hydrogens (tertiary/aromatic N) is 1. The number of nitrogens with two attached hydrogens (primary N) is 2. The van der Waals surface area contributed by atoms with Crippen LogP contribution in [0.2, 0.25) is 0 Å². The monoisotopic (exact) mass is 577 g/mol. The molecule has 2 amide bonds. The van der Waals surface area contributed by atoms with Crippen LogP contribution in [0.5, 0.6) is 0 Å². The number of fused-ring (bicyclic) bond motifs is 1. The molecule has 0 saturated heterocycles. The molecule has 1 aliphatic rings. The number of carboxylic acid groups (broad SMARTS) is 2. The highest BCUT2D eigenvalue weighted by Gasteiger charge is 2.39. The summed E-state index contributed by atoms with van der Waals surface area (Å²) < 4.78 is 0. The summed E-state index contributed by atoms with van der Waals surface area (Å²) in [5.74, 6) is -2.04. The van der Waals surface area contributed by atoms with Gasteiger partial charge in [0.1, 0.15) is 5.84 Å². The summed E-state index contributed by atoms with van der Waals surface area (Å²) in [5, 5.41) is 31.4. The molecule has 0 saturated carbocycles. The van der Waals surface area contributed by atoms with Crippen molar-refractivity contribution in [2.75, 3.05) is 17.3 Å². The molecular formula is C33H31N5O5. The van der Waals surface area contributed by atoms with E-state index < -0.39 is 23.4 Å². The predicted molar refractivity (Wildman–Crippen MR) is 165 cm³/mol. The Morgan fingerprint density at radius 3 is 2.26 bits per heavy atom. The Balaban J connectivity index is 1.71. The van der Waals surface area contributed by atoms with E-state index in [0.29, 0.717) is 28.8 Å². The van der Waals surface area contributed by atoms with E-state index in [1.807, 2.05) is 48.5 Å². The number of nitrogen functional groups attached to an aromatic ring is 1. The molecule has 4 aromatic rings. The Bertz CT molecular complexity index is 1790. The molecule has 0 fully saturated rings. The largest absolute Gasteiger partial charge is 0.478 e. The molecule has 218 valence electrons. The minimum absolute atomic E-state index is 0.0361. The van der Waals surface area contributed by atoms with Crippen molar-refractivity contribution < 1.29 is 24.6 Å². The van der Waals surface area contributed by atoms with E-state index in [0.717, 1.165) is 27.3 Å². The van der Waals surface area contributed by atoms with Gasteiger partial charge in [-0.3, -0.25) is 15.1 Å². The third-order valence-corrected chi connectivity index (χ3v) is 8.14. The number of nitrogens with one attached hydrogen (secondary N) is 2. The number of anilines is 2. The lowest BCUT2D eigenvalue weighted by molar-refractivity contribution is 0.0697. The van der Waals surface area contributed by atoms with Gasteiger partial charge in [0.2, 0.25) is 5.91 Å². The van der Waals surface area contributed by atoms with Crippen molar-refractivity contribution in [3.63, 3.8) is 0 Å². The minimum Gasteiger partial charge on any atom is -0.478 e. The van der Waals surface area contributed by atoms with E-state index in [9.17, 15) is 24.6 Å². The average Bonchev–Trinajstić information content (AvgIpc) is 3.00. The summed E-state index contributed by atoms with van der Waals surface area (Å²) in [6.07, 6.45) is -0.629. The number of hydrogen-bond donors (Lipinski definition) is 6. The van der Waals surface area contributed by atoms with Crippen LogP contribution in [0.25, 0.3) is 11.1 Å². The van der Waals surface area contributed by atoms with Gasteiger partial charge < -0.3 is 27.0 Å². The van der Waals surface area contributed by atoms with Gasteiger partial charge in [-0.1, -0.05) is 43.3 Å². The SMILES string of the molecule is CN(C(=O)O)c1cc(-c2ccc(C(N)=O)cc2C(=O)O)cc(C2CC(C)(c3ccccc3)c3cc(C(=N)N)ccc3N2)c1. The second-order valence-electron chi connectivity index (χ2n) is 10.9. The summed E-state index contributed by atoms with van der Waals surface area (Å²) in [7, 11) is 1.42. The van der Waals surface area contributed by atoms with Crippen LogP contribution in [0.4, 0.5) is 16.2 Å². The minimum atomic E-state index is -1.25. The molecule has 4 aromatic carbocycles. The molecule has 2 atom stereocenters. The van der Waals surface area contributed by atoms with Gasteiger partial charge >= 0.3 is 12.1 Å². The maximum atomic E-state index is 12.2. The Hall–Kier alpha value is -5.64. The van der Waals surface area contributed by atoms with Gasteiger partial charge in [-0.15, -0.1) is 0 Å². The molecule has 10 nitrogen and oxygen atoms in total. The number of carbonyl (C=O) groups is 3. The Morgan fingerprint density at radius 1 is 0.930 bits per heavy atom. The zero-order valence-corrected chi connectivity index (χ0v) is 23.6. The van der Waals surface area contributed by atoms with Gasteiger partial charge in [-0.25, -0.2) is 9.59 Å². The zero-order valence-electron chi connectivity index (χ0n) is 23.6. The van der Waals surface area contributed by atoms with Crippen LogP contribution in [-0.4, -0.2) is 41.1 Å². The zero-order chi connectivity index (χ0) is 31.1. The number of amidine groups is 1. The number of carbonyl (C=O) groups excluding carboxylic acids is 1. The van der Waals surface area contributed by atoms with Gasteiger partial charge in [0.25, 0.3) is 0 Å². The lowest BCUT2D eigenvalue weighted by Crippen LogP contribution is -2.35. The highest BCUT2D eigenvalue weighted by molar-refractivity contribution is 6.01. The van der Waals surface area contributed by atoms with E-state index in [1.54, 1.807) is 18.2 Å². The fourth-order valence-corrected chi connectivity index (χ4v) is 5.75. The molecule has 0 radical (unpaired) electrons. The van der Waals surface area contributed by atoms with Crippen molar-refractivity contribution in [2.24, 2.45) is 11.5 Å². The van der Waals surface area contributed by atoms with Crippen molar-refractivity contribution in [3.05, 3.63) is 118 Å². The topological polar surface area (TPSA) is 183 Å². The molecule has 10 heteroatoms. The number of hydrogen-bond acceptors (Lipinski definition) is 5. The summed E-state index contributed by atoms with van der Waals surface area (Å²) >= 11 is 0. The second kappa shape index (κ2) is 11.0. The number of rotatable bonds is 7. The van der Waals surface area contributed by atoms with Crippen molar-refractivity contribution in [3.8, 4) is 11.1 Å². The van der Waals surface area contributed by atoms with E-state index in [2.05, 4.69) is 12.2 Å². The lowest BCUT2D eigenvalue weighted by Gasteiger charge is -2.42. The molecule has 0 bridgehead atoms. The summed E-state index contributed by atoms with van der Waals surface area (Å²) in [4.78, 5) is 37.1. The highest BCUT2D eigenvalue weighted by atomic mass is 16.4. The van der Waals surface area contributed by atoms with E-state index in [1.165, 1.54) is 25.2 Å². The quantitative estimate of drug-likeness (QED) is 0.125. The first-order valence-corrected chi connectivity index (χ1v) is 13.5. The van der Waals surface area contributed by atoms with Crippen LogP contribution >= 0.6 is 0 Å². The Kier molecular flexibility index (Phi) is 7.37. The van der Waals surface area contributed by atoms with E-state index in [-0.39, 0.29) is 23.0 Å². The summed E-state index contributed by atoms with van der Waals surface area (Å²) in [6, 6.07) is 24.6. The first kappa shape index (κ1) is 28.9. The van der Waals surface area contributed by atoms with E-state index in [4.69, 9.17) is 16.9 Å². The third kappa shape index (κ3) is 5.38. The number of benzene rings is 4. The van der Waals surface area contributed by atoms with Gasteiger partial charge in [0, 0.05) is 35.0 Å². The average molecular weight is 578 g/mol. The molecule has 2 unspecified atom stereocenters. The van der Waals surface area contributed by atoms with Crippen LogP contribution in [0.15, 0.2) is 84.9 Å². The van der Waals surface area contributed by atoms with Crippen LogP contribution in [0, 0.1) is 5.41 Å². The standard InChI is InChI=1S/C33H31N5O5/c1-33(22-6-4-3-5-7-22)17-28(37-27-11-9-18(29(34)35)16-26(27)33)21-12-20(13-23(14-21)38(2)32(42)43)24-10-8-19(30(36)39)15-25(24)31(40)41/h3-16,28,37H,17H2,1-2H3,(H3,34,35)(H2,36,39)(H,40,41)(H,42,43). The number of primary amides is 1. The van der Waals surface area contributed by atoms with Gasteiger partial charge in [0.05, 0.1) is 11.6 Å². The molecular weight excluding hydrogens is 546 g/mol. The number of carboxylic acids is 1. The third-order valence-electron chi connectivity index (χ3n) is 8.14. The van der Waals surface area contributed by atoms with E-state index >= 15 is 0 Å². The highest BCUT2D eigenvalue weighted by Crippen LogP contribution is 2.49. The van der Waals surface area contributed by atoms with Crippen molar-refractivity contribution >= 4 is 35.2 Å². The predicted octanol–water partition coefficient (Wildman–Crippen LogP) is 5.41. The summed E-state index contributed by atoms with van der Waals surface area (Å²) in [5.41, 5.74) is 15.9. The molecule has 8 N–H and O–H groups in total. The van der Waals surface area contributed by atoms with Crippen LogP contribution in [-0.2, 0) is 5.41 Å². The first-order chi connectivity index (χ1) is 20.4. The fourth-order valence-electron chi connectivity index (χ4n) is 5.75. The maximum Gasteiger partial charge on any atom is 0.411 e. The normalized spacial score (nSPS) is 17.3. The van der Waals surface area contributed by atoms with Gasteiger partial charge in [-0.2, -0.15) is 0 Å². The van der Waals surface area contributed by atoms with Crippen molar-refractivity contribution in [1.29, 1.82) is 5.41 Å². The van der Waals surface area contributed by atoms with Crippen LogP contribution in [0.1, 0.15) is 62.4 Å². The summed E-state index contributed by atoms with van der Waals surface area (Å²) in [6.45, 7) is 2.12. The van der Waals surface area contributed by atoms with Gasteiger partial charge in [-0.05, 0) is 82.8 Å². The molecule has 0 aromatic heterocycles. The molecule has 1 aliphatic heterocycles. The number of amides is 2. The van der Waals surface area contributed by atoms with Crippen molar-refractivity contribution in [1.82, 2.24) is 0 Å². The first-order valence-electron chi connectivity index (χ1n) is 13.5. The Morgan fingerprint density at radius 2 is 1.63 bits per heavy atom. The second-order valence-corrected chi connectivity index (χ2v) is 10.9. The lowest BCUT2D eigenvalue weighted by atomic mass is 9.68. The number of aromatic carboxylic acids is 1. The molecule has 1 heterocycles. The van der Waals surface area contributed by atoms with Gasteiger partial charge in [0.15, 0.2) is 0 Å². The van der Waals surface area contributed by atoms with Crippen LogP contribution in [0.3, 0.4) is 0 Å². The fraction of sp³-hybridized carbons (Fsp3) is 0.152. The van der Waals surface area contributed by atoms with Crippen LogP contribution < -0.4 is 21.7 Å². The smallest absolute Gasteiger partial charge is 0.411 e.